The summed E-state index contributed by atoms with van der Waals surface area (Å²) in [7, 11) is -8.47. The van der Waals surface area contributed by atoms with Crippen LogP contribution in [-0.2, 0) is 30.2 Å². The third kappa shape index (κ3) is 8.71. The summed E-state index contributed by atoms with van der Waals surface area (Å²) in [5, 5.41) is 0. The molecule has 0 radical (unpaired) electrons. The van der Waals surface area contributed by atoms with Crippen molar-refractivity contribution in [2.75, 3.05) is 13.2 Å². The fourth-order valence-corrected chi connectivity index (χ4v) is 6.52. The van der Waals surface area contributed by atoms with Gasteiger partial charge in [0.05, 0.1) is 13.2 Å². The molecule has 1 aromatic rings. The zero-order chi connectivity index (χ0) is 20.3. The largest absolute Gasteiger partial charge is 0.351 e. The Morgan fingerprint density at radius 2 is 1.78 bits per heavy atom. The van der Waals surface area contributed by atoms with Crippen molar-refractivity contribution in [1.82, 2.24) is 0 Å². The van der Waals surface area contributed by atoms with E-state index in [1.165, 1.54) is 11.1 Å². The lowest BCUT2D eigenvalue weighted by Gasteiger charge is -2.23. The van der Waals surface area contributed by atoms with Gasteiger partial charge in [0, 0.05) is 0 Å². The van der Waals surface area contributed by atoms with Crippen LogP contribution in [0.2, 0.25) is 0 Å². The van der Waals surface area contributed by atoms with Gasteiger partial charge in [-0.25, -0.2) is 0 Å². The van der Waals surface area contributed by atoms with Crippen LogP contribution in [0, 0.1) is 0 Å². The molecular formula is C19H31O6PS. The second-order valence-electron chi connectivity index (χ2n) is 6.31. The summed E-state index contributed by atoms with van der Waals surface area (Å²) in [4.78, 5) is -1.55. The van der Waals surface area contributed by atoms with Crippen molar-refractivity contribution in [2.24, 2.45) is 0 Å². The van der Waals surface area contributed by atoms with Crippen molar-refractivity contribution in [3.05, 3.63) is 47.5 Å². The highest BCUT2D eigenvalue weighted by Gasteiger charge is 2.43. The summed E-state index contributed by atoms with van der Waals surface area (Å²) < 4.78 is 55.9. The first-order valence-electron chi connectivity index (χ1n) is 9.27. The molecule has 0 saturated heterocycles. The molecule has 1 aromatic carbocycles. The molecule has 8 heteroatoms. The molecule has 1 unspecified atom stereocenters. The topological polar surface area (TPSA) is 89.9 Å². The minimum absolute atomic E-state index is 0.0125. The lowest BCUT2D eigenvalue weighted by Crippen LogP contribution is -2.23. The van der Waals surface area contributed by atoms with Crippen LogP contribution in [-0.4, -0.2) is 31.2 Å². The number of rotatable bonds is 13. The van der Waals surface area contributed by atoms with Gasteiger partial charge in [-0.2, -0.15) is 8.42 Å². The van der Waals surface area contributed by atoms with E-state index < -0.39 is 22.7 Å². The lowest BCUT2D eigenvalue weighted by molar-refractivity contribution is 0.215. The van der Waals surface area contributed by atoms with Crippen molar-refractivity contribution < 1.29 is 26.6 Å². The van der Waals surface area contributed by atoms with Crippen LogP contribution >= 0.6 is 7.60 Å². The minimum atomic E-state index is -4.55. The molecule has 0 spiro atoms. The maximum absolute atomic E-state index is 12.7. The summed E-state index contributed by atoms with van der Waals surface area (Å²) >= 11 is 0. The quantitative estimate of drug-likeness (QED) is 0.205. The fraction of sp³-hybridized carbons (Fsp3) is 0.579. The first kappa shape index (κ1) is 24.1. The smallest absolute Gasteiger partial charge is 0.308 e. The summed E-state index contributed by atoms with van der Waals surface area (Å²) in [5.74, 6) is 0. The normalized spacial score (nSPS) is 14.3. The second-order valence-corrected chi connectivity index (χ2v) is 10.5. The molecule has 0 aliphatic heterocycles. The van der Waals surface area contributed by atoms with Crippen LogP contribution < -0.4 is 0 Å². The SMILES string of the molecule is CCOP(=O)(OCC)C(CCCC=C(C)CCc1ccccc1)S(=O)(=O)O. The van der Waals surface area contributed by atoms with E-state index in [2.05, 4.69) is 18.2 Å². The highest BCUT2D eigenvalue weighted by Crippen LogP contribution is 2.56. The van der Waals surface area contributed by atoms with E-state index in [1.54, 1.807) is 13.8 Å². The van der Waals surface area contributed by atoms with Crippen molar-refractivity contribution in [3.8, 4) is 0 Å². The molecule has 1 N–H and O–H groups in total. The van der Waals surface area contributed by atoms with E-state index in [4.69, 9.17) is 9.05 Å². The van der Waals surface area contributed by atoms with Gasteiger partial charge in [0.1, 0.15) is 0 Å². The van der Waals surface area contributed by atoms with Crippen LogP contribution in [0.3, 0.4) is 0 Å². The predicted molar refractivity (Wildman–Crippen MR) is 109 cm³/mol. The lowest BCUT2D eigenvalue weighted by atomic mass is 10.0. The van der Waals surface area contributed by atoms with Crippen LogP contribution in [0.15, 0.2) is 42.0 Å². The van der Waals surface area contributed by atoms with Gasteiger partial charge in [0.25, 0.3) is 10.1 Å². The molecule has 0 aliphatic carbocycles. The van der Waals surface area contributed by atoms with Crippen LogP contribution in [0.1, 0.15) is 52.0 Å². The molecule has 0 bridgehead atoms. The maximum atomic E-state index is 12.7. The van der Waals surface area contributed by atoms with Crippen LogP contribution in [0.5, 0.6) is 0 Å². The van der Waals surface area contributed by atoms with Gasteiger partial charge in [0.15, 0.2) is 4.99 Å². The van der Waals surface area contributed by atoms with Gasteiger partial charge >= 0.3 is 7.60 Å². The van der Waals surface area contributed by atoms with Gasteiger partial charge in [0.2, 0.25) is 0 Å². The number of aryl methyl sites for hydroxylation is 1. The molecule has 154 valence electrons. The Hall–Kier alpha value is -0.980. The Morgan fingerprint density at radius 1 is 1.19 bits per heavy atom. The number of benzene rings is 1. The van der Waals surface area contributed by atoms with Gasteiger partial charge in [-0.05, 0) is 58.4 Å². The van der Waals surface area contributed by atoms with E-state index in [9.17, 15) is 17.5 Å². The van der Waals surface area contributed by atoms with E-state index in [0.29, 0.717) is 12.8 Å². The minimum Gasteiger partial charge on any atom is -0.308 e. The van der Waals surface area contributed by atoms with Gasteiger partial charge in [-0.15, -0.1) is 0 Å². The molecule has 0 saturated carbocycles. The average molecular weight is 418 g/mol. The standard InChI is InChI=1S/C19H31O6PS/c1-4-24-26(20,25-5-2)19(27(21,22)23)14-10-9-11-17(3)15-16-18-12-7-6-8-13-18/h6-8,11-13,19H,4-5,9-10,14-16H2,1-3H3,(H,21,22,23). The summed E-state index contributed by atoms with van der Waals surface area (Å²) in [5.41, 5.74) is 2.48. The third-order valence-electron chi connectivity index (χ3n) is 4.11. The van der Waals surface area contributed by atoms with Crippen LogP contribution in [0.25, 0.3) is 0 Å². The molecule has 1 atom stereocenters. The number of unbranched alkanes of at least 4 members (excludes halogenated alkanes) is 1. The Morgan fingerprint density at radius 3 is 2.30 bits per heavy atom. The highest BCUT2D eigenvalue weighted by atomic mass is 32.2. The van der Waals surface area contributed by atoms with Gasteiger partial charge in [-0.1, -0.05) is 42.0 Å². The first-order chi connectivity index (χ1) is 12.7. The van der Waals surface area contributed by atoms with E-state index in [1.807, 2.05) is 25.1 Å². The summed E-state index contributed by atoms with van der Waals surface area (Å²) in [6.45, 7) is 5.33. The zero-order valence-corrected chi connectivity index (χ0v) is 18.0. The maximum Gasteiger partial charge on any atom is 0.351 e. The van der Waals surface area contributed by atoms with E-state index >= 15 is 0 Å². The first-order valence-corrected chi connectivity index (χ1v) is 12.4. The molecule has 0 fully saturated rings. The van der Waals surface area contributed by atoms with Gasteiger partial charge in [-0.3, -0.25) is 9.12 Å². The molecule has 6 nitrogen and oxygen atoms in total. The number of allylic oxidation sites excluding steroid dienone is 2. The fourth-order valence-electron chi connectivity index (χ4n) is 2.76. The summed E-state index contributed by atoms with van der Waals surface area (Å²) in [6.07, 6.45) is 5.01. The van der Waals surface area contributed by atoms with E-state index in [-0.39, 0.29) is 19.6 Å². The Labute approximate surface area is 163 Å². The van der Waals surface area contributed by atoms with Crippen molar-refractivity contribution in [1.29, 1.82) is 0 Å². The average Bonchev–Trinajstić information content (AvgIpc) is 2.60. The molecule has 0 amide bonds. The number of hydrogen-bond acceptors (Lipinski definition) is 5. The van der Waals surface area contributed by atoms with Crippen molar-refractivity contribution in [3.63, 3.8) is 0 Å². The molecule has 0 heterocycles. The number of hydrogen-bond donors (Lipinski definition) is 1. The highest BCUT2D eigenvalue weighted by molar-refractivity contribution is 7.94. The molecular weight excluding hydrogens is 387 g/mol. The molecule has 0 aliphatic rings. The third-order valence-corrected chi connectivity index (χ3v) is 8.81. The Balaban J connectivity index is 2.62. The zero-order valence-electron chi connectivity index (χ0n) is 16.3. The van der Waals surface area contributed by atoms with E-state index in [0.717, 1.165) is 12.8 Å². The van der Waals surface area contributed by atoms with Gasteiger partial charge < -0.3 is 9.05 Å². The molecule has 1 rings (SSSR count). The Bertz CT molecular complexity index is 720. The monoisotopic (exact) mass is 418 g/mol. The van der Waals surface area contributed by atoms with Crippen LogP contribution in [0.4, 0.5) is 0 Å². The molecule has 27 heavy (non-hydrogen) atoms. The predicted octanol–water partition coefficient (Wildman–Crippen LogP) is 5.22. The Kier molecular flexibility index (Phi) is 10.5. The molecule has 0 aromatic heterocycles. The summed E-state index contributed by atoms with van der Waals surface area (Å²) in [6, 6.07) is 10.2. The van der Waals surface area contributed by atoms with Crippen molar-refractivity contribution >= 4 is 17.7 Å². The second kappa shape index (κ2) is 11.8. The van der Waals surface area contributed by atoms with Crippen molar-refractivity contribution in [2.45, 2.75) is 57.9 Å².